The van der Waals surface area contributed by atoms with Crippen molar-refractivity contribution in [3.05, 3.63) is 18.6 Å². The number of amides is 1. The number of hydrogen-bond donors (Lipinski definition) is 2. The molecule has 2 heterocycles. The molecular weight excluding hydrogens is 300 g/mol. The molecule has 0 saturated carbocycles. The molecule has 1 fully saturated rings. The predicted molar refractivity (Wildman–Crippen MR) is 62.1 cm³/mol. The van der Waals surface area contributed by atoms with Crippen LogP contribution in [0.1, 0.15) is 6.42 Å². The van der Waals surface area contributed by atoms with Gasteiger partial charge >= 0.3 is 0 Å². The second-order valence-electron chi connectivity index (χ2n) is 4.77. The maximum atomic E-state index is 11.8. The molecule has 2 atom stereocenters. The summed E-state index contributed by atoms with van der Waals surface area (Å²) >= 11 is 0. The van der Waals surface area contributed by atoms with Crippen molar-refractivity contribution in [1.82, 2.24) is 9.97 Å². The van der Waals surface area contributed by atoms with Crippen LogP contribution in [0.5, 0.6) is 0 Å². The van der Waals surface area contributed by atoms with E-state index in [1.165, 1.54) is 12.4 Å². The second kappa shape index (κ2) is 6.21. The van der Waals surface area contributed by atoms with Crippen molar-refractivity contribution in [3.8, 4) is 0 Å². The molecule has 1 aliphatic heterocycles. The Bertz CT molecular complexity index is 403. The third-order valence-corrected chi connectivity index (χ3v) is 3.01. The Hall–Kier alpha value is -1.05. The van der Waals surface area contributed by atoms with Crippen molar-refractivity contribution in [2.45, 2.75) is 12.5 Å². The first kappa shape index (κ1) is 15.0. The van der Waals surface area contributed by atoms with Gasteiger partial charge in [-0.3, -0.25) is 9.78 Å². The van der Waals surface area contributed by atoms with Crippen LogP contribution in [0.4, 0.5) is 5.82 Å². The minimum Gasteiger partial charge on any atom is -1.00 e. The van der Waals surface area contributed by atoms with Crippen LogP contribution >= 0.6 is 0 Å². The summed E-state index contributed by atoms with van der Waals surface area (Å²) in [5.41, 5.74) is 0. The van der Waals surface area contributed by atoms with Gasteiger partial charge in [0.2, 0.25) is 0 Å². The summed E-state index contributed by atoms with van der Waals surface area (Å²) in [6.45, 7) is 1.82. The number of carbonyl (C=O) groups excluding carboxylic acids is 1. The van der Waals surface area contributed by atoms with E-state index in [9.17, 15) is 9.90 Å². The van der Waals surface area contributed by atoms with E-state index in [-0.39, 0.29) is 29.0 Å². The summed E-state index contributed by atoms with van der Waals surface area (Å²) in [6, 6.07) is 0. The fraction of sp³-hybridized carbons (Fsp3) is 0.545. The first-order valence-corrected chi connectivity index (χ1v) is 5.65. The number of carbonyl (C=O) groups is 1. The molecule has 2 N–H and O–H groups in total. The number of nitrogens with one attached hydrogen (secondary N) is 1. The zero-order valence-corrected chi connectivity index (χ0v) is 11.8. The smallest absolute Gasteiger partial charge is 0.280 e. The van der Waals surface area contributed by atoms with E-state index < -0.39 is 0 Å². The summed E-state index contributed by atoms with van der Waals surface area (Å²) in [4.78, 5) is 19.7. The highest BCUT2D eigenvalue weighted by Gasteiger charge is 2.35. The molecule has 1 saturated heterocycles. The number of anilines is 1. The van der Waals surface area contributed by atoms with E-state index in [4.69, 9.17) is 0 Å². The Kier molecular flexibility index (Phi) is 5.18. The average Bonchev–Trinajstić information content (AvgIpc) is 2.59. The van der Waals surface area contributed by atoms with Crippen molar-refractivity contribution in [3.63, 3.8) is 0 Å². The second-order valence-corrected chi connectivity index (χ2v) is 4.77. The van der Waals surface area contributed by atoms with E-state index in [1.54, 1.807) is 6.20 Å². The van der Waals surface area contributed by atoms with Gasteiger partial charge in [-0.15, -0.1) is 0 Å². The van der Waals surface area contributed by atoms with Gasteiger partial charge in [0.05, 0.1) is 19.8 Å². The predicted octanol–water partition coefficient (Wildman–Crippen LogP) is -3.37. The maximum absolute atomic E-state index is 11.8. The van der Waals surface area contributed by atoms with Gasteiger partial charge in [0.15, 0.2) is 12.4 Å². The van der Waals surface area contributed by atoms with Gasteiger partial charge in [0.25, 0.3) is 5.91 Å². The summed E-state index contributed by atoms with van der Waals surface area (Å²) in [5.74, 6) is 0.367. The van der Waals surface area contributed by atoms with Gasteiger partial charge in [0.1, 0.15) is 12.6 Å². The van der Waals surface area contributed by atoms with E-state index in [2.05, 4.69) is 15.3 Å². The molecule has 0 aliphatic carbocycles. The van der Waals surface area contributed by atoms with Crippen LogP contribution in [0.2, 0.25) is 0 Å². The highest BCUT2D eigenvalue weighted by molar-refractivity contribution is 5.90. The fourth-order valence-electron chi connectivity index (χ4n) is 2.19. The van der Waals surface area contributed by atoms with Gasteiger partial charge in [0, 0.05) is 18.8 Å². The molecule has 1 aliphatic rings. The fourth-order valence-corrected chi connectivity index (χ4v) is 2.19. The lowest BCUT2D eigenvalue weighted by molar-refractivity contribution is -0.890. The van der Waals surface area contributed by atoms with Crippen LogP contribution in [-0.2, 0) is 4.79 Å². The Morgan fingerprint density at radius 2 is 2.39 bits per heavy atom. The lowest BCUT2D eigenvalue weighted by atomic mass is 10.3. The molecule has 6 nitrogen and oxygen atoms in total. The number of nitrogens with zero attached hydrogens (tertiary/aromatic N) is 3. The zero-order valence-electron chi connectivity index (χ0n) is 10.2. The number of hydrogen-bond acceptors (Lipinski definition) is 4. The van der Waals surface area contributed by atoms with E-state index in [1.807, 2.05) is 7.05 Å². The highest BCUT2D eigenvalue weighted by Crippen LogP contribution is 2.16. The zero-order chi connectivity index (χ0) is 12.3. The number of aliphatic hydroxyl groups excluding tert-OH is 1. The maximum Gasteiger partial charge on any atom is 0.280 e. The number of aromatic nitrogens is 2. The number of rotatable bonds is 3. The Labute approximate surface area is 116 Å². The molecule has 1 aromatic heterocycles. The Morgan fingerprint density at radius 3 is 2.94 bits per heavy atom. The van der Waals surface area contributed by atoms with Crippen molar-refractivity contribution in [1.29, 1.82) is 0 Å². The van der Waals surface area contributed by atoms with Crippen LogP contribution in [0.15, 0.2) is 18.6 Å². The van der Waals surface area contributed by atoms with E-state index >= 15 is 0 Å². The van der Waals surface area contributed by atoms with Gasteiger partial charge in [-0.1, -0.05) is 0 Å². The average molecular weight is 317 g/mol. The molecule has 0 spiro atoms. The van der Waals surface area contributed by atoms with Crippen molar-refractivity contribution in [2.24, 2.45) is 0 Å². The molecule has 7 heteroatoms. The van der Waals surface area contributed by atoms with Crippen LogP contribution in [0, 0.1) is 0 Å². The molecule has 0 bridgehead atoms. The minimum atomic E-state index is -0.288. The van der Waals surface area contributed by atoms with E-state index in [0.29, 0.717) is 23.4 Å². The normalized spacial score (nSPS) is 26.4. The quantitative estimate of drug-likeness (QED) is 0.571. The van der Waals surface area contributed by atoms with Crippen LogP contribution in [-0.4, -0.2) is 58.3 Å². The van der Waals surface area contributed by atoms with Crippen LogP contribution in [0.3, 0.4) is 0 Å². The topological polar surface area (TPSA) is 75.1 Å². The van der Waals surface area contributed by atoms with Gasteiger partial charge in [-0.05, 0) is 0 Å². The third-order valence-electron chi connectivity index (χ3n) is 3.01. The third kappa shape index (κ3) is 4.01. The molecule has 18 heavy (non-hydrogen) atoms. The molecule has 0 aromatic carbocycles. The summed E-state index contributed by atoms with van der Waals surface area (Å²) in [6.07, 6.45) is 5.07. The van der Waals surface area contributed by atoms with Gasteiger partial charge in [-0.25, -0.2) is 4.98 Å². The minimum absolute atomic E-state index is 0. The Morgan fingerprint density at radius 1 is 1.61 bits per heavy atom. The number of likely N-dealkylation sites (tertiary alicyclic amines) is 1. The highest BCUT2D eigenvalue weighted by atomic mass is 79.9. The largest absolute Gasteiger partial charge is 1.00 e. The van der Waals surface area contributed by atoms with E-state index in [0.717, 1.165) is 13.0 Å². The molecule has 2 rings (SSSR count). The van der Waals surface area contributed by atoms with Crippen molar-refractivity contribution in [2.75, 3.05) is 32.0 Å². The molecule has 1 aromatic rings. The lowest BCUT2D eigenvalue weighted by Gasteiger charge is -2.28. The van der Waals surface area contributed by atoms with Crippen molar-refractivity contribution >= 4 is 11.7 Å². The van der Waals surface area contributed by atoms with Crippen LogP contribution < -0.4 is 22.3 Å². The van der Waals surface area contributed by atoms with Crippen molar-refractivity contribution < 1.29 is 31.4 Å². The molecule has 0 radical (unpaired) electrons. The number of halogens is 1. The summed E-state index contributed by atoms with van der Waals surface area (Å²) in [5, 5.41) is 12.2. The number of quaternary nitrogens is 1. The first-order chi connectivity index (χ1) is 8.07. The van der Waals surface area contributed by atoms with Crippen LogP contribution in [0.25, 0.3) is 0 Å². The molecular formula is C11H17BrN4O2. The standard InChI is InChI=1S/C11H16N4O2.BrH/c1-15(5-2-9(16)7-15)8-11(17)14-10-6-12-3-4-13-10;/h3-4,6,9,16H,2,5,7-8H2,1H3;1H/t9-,15?;/m1./s1. The monoisotopic (exact) mass is 316 g/mol. The Balaban J connectivity index is 0.00000162. The number of aliphatic hydroxyl groups is 1. The van der Waals surface area contributed by atoms with Gasteiger partial charge < -0.3 is 31.9 Å². The molecule has 1 amide bonds. The number of likely N-dealkylation sites (N-methyl/N-ethyl adjacent to an activating group) is 1. The molecule has 100 valence electrons. The SMILES string of the molecule is C[N+]1(CC(=O)Nc2cnccn2)CC[C@@H](O)C1.[Br-]. The summed E-state index contributed by atoms with van der Waals surface area (Å²) in [7, 11) is 1.98. The molecule has 1 unspecified atom stereocenters. The van der Waals surface area contributed by atoms with Gasteiger partial charge in [-0.2, -0.15) is 0 Å². The first-order valence-electron chi connectivity index (χ1n) is 5.65. The summed E-state index contributed by atoms with van der Waals surface area (Å²) < 4.78 is 0.577. The lowest BCUT2D eigenvalue weighted by Crippen LogP contribution is -3.00.